The fourth-order valence-corrected chi connectivity index (χ4v) is 3.54. The molecule has 0 aromatic heterocycles. The van der Waals surface area contributed by atoms with E-state index in [9.17, 15) is 26.4 Å². The fraction of sp³-hybridized carbons (Fsp3) is 0.278. The maximum atomic E-state index is 12.4. The van der Waals surface area contributed by atoms with E-state index in [1.54, 1.807) is 25.1 Å². The molecule has 1 unspecified atom stereocenters. The van der Waals surface area contributed by atoms with Crippen molar-refractivity contribution in [2.24, 2.45) is 0 Å². The molecule has 0 fully saturated rings. The minimum Gasteiger partial charge on any atom is -0.406 e. The predicted octanol–water partition coefficient (Wildman–Crippen LogP) is 3.08. The van der Waals surface area contributed by atoms with E-state index in [1.807, 2.05) is 0 Å². The number of rotatable bonds is 7. The standard InChI is InChI=1S/C18H19F3N2O4S/c1-13(14-8-10-15(11-9-14)27-18(19,20)21)22-17(24)12-23(2)28(25,26)16-6-4-3-5-7-16/h3-11,13H,12H2,1-2H3,(H,22,24). The van der Waals surface area contributed by atoms with Crippen LogP contribution >= 0.6 is 0 Å². The zero-order valence-electron chi connectivity index (χ0n) is 15.1. The summed E-state index contributed by atoms with van der Waals surface area (Å²) < 4.78 is 66.1. The molecule has 1 amide bonds. The lowest BCUT2D eigenvalue weighted by Gasteiger charge is -2.19. The summed E-state index contributed by atoms with van der Waals surface area (Å²) in [5, 5.41) is 2.61. The molecule has 0 aliphatic carbocycles. The first-order chi connectivity index (χ1) is 13.0. The largest absolute Gasteiger partial charge is 0.573 e. The van der Waals surface area contributed by atoms with E-state index in [4.69, 9.17) is 0 Å². The van der Waals surface area contributed by atoms with Crippen molar-refractivity contribution < 1.29 is 31.1 Å². The average Bonchev–Trinajstić information content (AvgIpc) is 2.61. The van der Waals surface area contributed by atoms with Crippen LogP contribution in [-0.2, 0) is 14.8 Å². The van der Waals surface area contributed by atoms with Gasteiger partial charge in [0.25, 0.3) is 0 Å². The number of amides is 1. The zero-order chi connectivity index (χ0) is 20.9. The highest BCUT2D eigenvalue weighted by molar-refractivity contribution is 7.89. The monoisotopic (exact) mass is 416 g/mol. The minimum absolute atomic E-state index is 0.0681. The van der Waals surface area contributed by atoms with E-state index in [0.717, 1.165) is 16.4 Å². The number of alkyl halides is 3. The quantitative estimate of drug-likeness (QED) is 0.753. The van der Waals surface area contributed by atoms with Gasteiger partial charge in [0.1, 0.15) is 5.75 Å². The number of carbonyl (C=O) groups is 1. The molecule has 0 aliphatic rings. The Morgan fingerprint density at radius 3 is 2.21 bits per heavy atom. The highest BCUT2D eigenvalue weighted by Crippen LogP contribution is 2.24. The number of benzene rings is 2. The lowest BCUT2D eigenvalue weighted by molar-refractivity contribution is -0.274. The van der Waals surface area contributed by atoms with Crippen LogP contribution in [0.2, 0.25) is 0 Å². The van der Waals surface area contributed by atoms with Gasteiger partial charge in [0.2, 0.25) is 15.9 Å². The first kappa shape index (κ1) is 21.7. The number of hydrogen-bond acceptors (Lipinski definition) is 4. The van der Waals surface area contributed by atoms with E-state index < -0.39 is 34.9 Å². The van der Waals surface area contributed by atoms with Crippen LogP contribution in [0, 0.1) is 0 Å². The van der Waals surface area contributed by atoms with Gasteiger partial charge < -0.3 is 10.1 Å². The van der Waals surface area contributed by atoms with Gasteiger partial charge in [-0.3, -0.25) is 4.79 Å². The second-order valence-corrected chi connectivity index (χ2v) is 8.03. The molecule has 0 spiro atoms. The third-order valence-electron chi connectivity index (χ3n) is 3.81. The van der Waals surface area contributed by atoms with E-state index in [0.29, 0.717) is 5.56 Å². The van der Waals surface area contributed by atoms with Gasteiger partial charge in [-0.05, 0) is 36.8 Å². The van der Waals surface area contributed by atoms with Gasteiger partial charge >= 0.3 is 6.36 Å². The Morgan fingerprint density at radius 1 is 1.11 bits per heavy atom. The molecule has 0 bridgehead atoms. The Bertz CT molecular complexity index is 901. The van der Waals surface area contributed by atoms with Crippen molar-refractivity contribution in [1.82, 2.24) is 9.62 Å². The normalized spacial score (nSPS) is 13.2. The van der Waals surface area contributed by atoms with Crippen molar-refractivity contribution in [2.75, 3.05) is 13.6 Å². The minimum atomic E-state index is -4.78. The number of hydrogen-bond donors (Lipinski definition) is 1. The van der Waals surface area contributed by atoms with E-state index in [2.05, 4.69) is 10.1 Å². The van der Waals surface area contributed by atoms with Gasteiger partial charge in [-0.2, -0.15) is 4.31 Å². The van der Waals surface area contributed by atoms with Crippen molar-refractivity contribution in [3.8, 4) is 5.75 Å². The summed E-state index contributed by atoms with van der Waals surface area (Å²) in [6.07, 6.45) is -4.78. The highest BCUT2D eigenvalue weighted by atomic mass is 32.2. The second kappa shape index (κ2) is 8.61. The second-order valence-electron chi connectivity index (χ2n) is 5.98. The number of halogens is 3. The molecular weight excluding hydrogens is 397 g/mol. The molecule has 0 aliphatic heterocycles. The average molecular weight is 416 g/mol. The molecule has 2 aromatic carbocycles. The molecule has 1 atom stereocenters. The third-order valence-corrected chi connectivity index (χ3v) is 5.63. The molecule has 0 saturated heterocycles. The molecular formula is C18H19F3N2O4S. The summed E-state index contributed by atoms with van der Waals surface area (Å²) in [6, 6.07) is 12.2. The molecule has 1 N–H and O–H groups in total. The van der Waals surface area contributed by atoms with Crippen molar-refractivity contribution >= 4 is 15.9 Å². The van der Waals surface area contributed by atoms with Crippen LogP contribution in [0.25, 0.3) is 0 Å². The number of likely N-dealkylation sites (N-methyl/N-ethyl adjacent to an activating group) is 1. The van der Waals surface area contributed by atoms with E-state index >= 15 is 0 Å². The topological polar surface area (TPSA) is 75.7 Å². The summed E-state index contributed by atoms with van der Waals surface area (Å²) in [5.41, 5.74) is 0.538. The number of carbonyl (C=O) groups excluding carboxylic acids is 1. The van der Waals surface area contributed by atoms with E-state index in [1.165, 1.54) is 31.3 Å². The summed E-state index contributed by atoms with van der Waals surface area (Å²) in [6.45, 7) is 1.22. The Hall–Kier alpha value is -2.59. The molecule has 10 heteroatoms. The van der Waals surface area contributed by atoms with Gasteiger partial charge in [-0.15, -0.1) is 13.2 Å². The van der Waals surface area contributed by atoms with Crippen LogP contribution in [0.5, 0.6) is 5.75 Å². The molecule has 28 heavy (non-hydrogen) atoms. The highest BCUT2D eigenvalue weighted by Gasteiger charge is 2.31. The zero-order valence-corrected chi connectivity index (χ0v) is 15.9. The van der Waals surface area contributed by atoms with Crippen LogP contribution in [0.4, 0.5) is 13.2 Å². The van der Waals surface area contributed by atoms with Crippen LogP contribution < -0.4 is 10.1 Å². The van der Waals surface area contributed by atoms with Gasteiger partial charge in [0.15, 0.2) is 0 Å². The molecule has 152 valence electrons. The lowest BCUT2D eigenvalue weighted by atomic mass is 10.1. The number of nitrogens with zero attached hydrogens (tertiary/aromatic N) is 1. The summed E-state index contributed by atoms with van der Waals surface area (Å²) >= 11 is 0. The summed E-state index contributed by atoms with van der Waals surface area (Å²) in [7, 11) is -2.52. The van der Waals surface area contributed by atoms with Gasteiger partial charge in [0.05, 0.1) is 17.5 Å². The number of sulfonamides is 1. The van der Waals surface area contributed by atoms with Crippen LogP contribution in [0.1, 0.15) is 18.5 Å². The van der Waals surface area contributed by atoms with Crippen LogP contribution in [0.15, 0.2) is 59.5 Å². The molecule has 2 rings (SSSR count). The molecule has 0 radical (unpaired) electrons. The van der Waals surface area contributed by atoms with E-state index in [-0.39, 0.29) is 10.6 Å². The smallest absolute Gasteiger partial charge is 0.406 e. The molecule has 6 nitrogen and oxygen atoms in total. The maximum Gasteiger partial charge on any atom is 0.573 e. The fourth-order valence-electron chi connectivity index (χ4n) is 2.39. The Morgan fingerprint density at radius 2 is 1.68 bits per heavy atom. The van der Waals surface area contributed by atoms with Crippen molar-refractivity contribution in [3.63, 3.8) is 0 Å². The summed E-state index contributed by atoms with van der Waals surface area (Å²) in [5.74, 6) is -0.923. The molecule has 0 saturated carbocycles. The van der Waals surface area contributed by atoms with Crippen LogP contribution in [0.3, 0.4) is 0 Å². The maximum absolute atomic E-state index is 12.4. The number of ether oxygens (including phenoxy) is 1. The Kier molecular flexibility index (Phi) is 6.68. The van der Waals surface area contributed by atoms with Crippen molar-refractivity contribution in [1.29, 1.82) is 0 Å². The Balaban J connectivity index is 1.97. The predicted molar refractivity (Wildman–Crippen MR) is 95.9 cm³/mol. The molecule has 0 heterocycles. The van der Waals surface area contributed by atoms with Gasteiger partial charge in [-0.1, -0.05) is 30.3 Å². The van der Waals surface area contributed by atoms with Crippen LogP contribution in [-0.4, -0.2) is 38.6 Å². The van der Waals surface area contributed by atoms with Crippen molar-refractivity contribution in [2.45, 2.75) is 24.2 Å². The number of nitrogens with one attached hydrogen (secondary N) is 1. The van der Waals surface area contributed by atoms with Crippen molar-refractivity contribution in [3.05, 3.63) is 60.2 Å². The van der Waals surface area contributed by atoms with Gasteiger partial charge in [-0.25, -0.2) is 8.42 Å². The molecule has 2 aromatic rings. The first-order valence-electron chi connectivity index (χ1n) is 8.15. The lowest BCUT2D eigenvalue weighted by Crippen LogP contribution is -2.39. The SMILES string of the molecule is CC(NC(=O)CN(C)S(=O)(=O)c1ccccc1)c1ccc(OC(F)(F)F)cc1. The Labute approximate surface area is 161 Å². The van der Waals surface area contributed by atoms with Gasteiger partial charge in [0, 0.05) is 7.05 Å². The first-order valence-corrected chi connectivity index (χ1v) is 9.59. The summed E-state index contributed by atoms with van der Waals surface area (Å²) in [4.78, 5) is 12.2. The third kappa shape index (κ3) is 5.96.